The molecule has 0 fully saturated rings. The van der Waals surface area contributed by atoms with Gasteiger partial charge in [0.25, 0.3) is 6.20 Å². The first kappa shape index (κ1) is 56.3. The van der Waals surface area contributed by atoms with E-state index in [1.54, 1.807) is 18.8 Å². The maximum Gasteiger partial charge on any atom is 2.00 e. The van der Waals surface area contributed by atoms with E-state index in [1.807, 2.05) is 26.2 Å². The Morgan fingerprint density at radius 3 is 1.50 bits per heavy atom. The summed E-state index contributed by atoms with van der Waals surface area (Å²) in [6.45, 7) is 1.44. The fourth-order valence-electron chi connectivity index (χ4n) is 3.00. The summed E-state index contributed by atoms with van der Waals surface area (Å²) in [4.78, 5) is 71.9. The van der Waals surface area contributed by atoms with E-state index < -0.39 is 77.6 Å². The van der Waals surface area contributed by atoms with Gasteiger partial charge in [-0.1, -0.05) is 0 Å². The second kappa shape index (κ2) is 28.6. The van der Waals surface area contributed by atoms with Crippen LogP contribution in [-0.4, -0.2) is 100 Å². The summed E-state index contributed by atoms with van der Waals surface area (Å²) >= 11 is 1.72. The van der Waals surface area contributed by atoms with Crippen molar-refractivity contribution in [1.29, 1.82) is 0 Å². The molecule has 1 aromatic rings. The summed E-state index contributed by atoms with van der Waals surface area (Å²) < 4.78 is 5.70. The number of carboxylic acid groups (broad SMARTS) is 6. The molecule has 0 aliphatic carbocycles. The standard InChI is InChI=1S/C13H22N4O3S.2C6H8O7.3Zn/c1-14-13(9-17(18)19)15-6-7-21-10-12-5-4-11(20-12)8-16(2)3;2*7-3(8)1-6(13,5(11)12)2-4(9)10;;;/h4-5,9,14-15H,6-8,10H2,1-3H3;2*13H,1-2H2,(H,7,8)(H,9,10)(H,11,12);;;/q;;;3*+2/p-6. The largest absolute Gasteiger partial charge is 2.00 e. The number of aliphatic hydroxyl groups is 2. The molecule has 0 aromatic carbocycles. The van der Waals surface area contributed by atoms with Crippen LogP contribution in [0, 0.1) is 10.1 Å². The molecule has 4 N–H and O–H groups in total. The molecular formula is C25H32N4O17SZn3. The average Bonchev–Trinajstić information content (AvgIpc) is 3.32. The smallest absolute Gasteiger partial charge is 0.550 e. The Morgan fingerprint density at radius 2 is 1.20 bits per heavy atom. The predicted molar refractivity (Wildman–Crippen MR) is 143 cm³/mol. The summed E-state index contributed by atoms with van der Waals surface area (Å²) in [5.74, 6) is -8.02. The summed E-state index contributed by atoms with van der Waals surface area (Å²) in [7, 11) is 5.64. The summed E-state index contributed by atoms with van der Waals surface area (Å²) in [5, 5.41) is 93.9. The molecule has 0 saturated heterocycles. The minimum absolute atomic E-state index is 0. The number of carbonyl (C=O) groups is 6. The SMILES string of the molecule is CNC(=C[N+](=O)[O-])NCCSCc1ccc(CN(C)C)o1.O=C([O-])CC(O)(CC(=O)[O-])C(=O)[O-].O=C([O-])CC(O)(CC(=O)[O-])C(=O)[O-].[Zn+2].[Zn+2].[Zn+2]. The van der Waals surface area contributed by atoms with Gasteiger partial charge in [-0.25, -0.2) is 0 Å². The topological polar surface area (TPSA) is 365 Å². The van der Waals surface area contributed by atoms with Crippen LogP contribution >= 0.6 is 11.8 Å². The molecule has 0 saturated carbocycles. The third-order valence-electron chi connectivity index (χ3n) is 5.01. The van der Waals surface area contributed by atoms with Crippen molar-refractivity contribution in [3.05, 3.63) is 45.8 Å². The summed E-state index contributed by atoms with van der Waals surface area (Å²) in [5.41, 5.74) is -5.95. The van der Waals surface area contributed by atoms with Gasteiger partial charge in [0.1, 0.15) is 22.7 Å². The first-order valence-electron chi connectivity index (χ1n) is 12.8. The molecule has 266 valence electrons. The van der Waals surface area contributed by atoms with E-state index in [2.05, 4.69) is 15.5 Å². The molecule has 0 atom stereocenters. The molecule has 0 spiro atoms. The molecule has 25 heteroatoms. The number of nitro groups is 1. The van der Waals surface area contributed by atoms with Gasteiger partial charge in [-0.05, 0) is 26.2 Å². The molecule has 0 bridgehead atoms. The van der Waals surface area contributed by atoms with Gasteiger partial charge in [0.05, 0.1) is 29.2 Å². The van der Waals surface area contributed by atoms with E-state index in [4.69, 9.17) is 14.6 Å². The zero-order valence-electron chi connectivity index (χ0n) is 27.3. The van der Waals surface area contributed by atoms with Crippen LogP contribution in [0.4, 0.5) is 0 Å². The van der Waals surface area contributed by atoms with Crippen LogP contribution in [0.25, 0.3) is 0 Å². The first-order chi connectivity index (χ1) is 21.6. The Kier molecular flexibility index (Phi) is 32.2. The van der Waals surface area contributed by atoms with Gasteiger partial charge in [-0.2, -0.15) is 11.8 Å². The van der Waals surface area contributed by atoms with Crippen LogP contribution in [0.15, 0.2) is 28.6 Å². The molecule has 21 nitrogen and oxygen atoms in total. The number of carboxylic acids is 6. The number of nitrogens with zero attached hydrogens (tertiary/aromatic N) is 2. The van der Waals surface area contributed by atoms with Crippen molar-refractivity contribution in [2.45, 2.75) is 49.2 Å². The number of aliphatic carboxylic acids is 6. The quantitative estimate of drug-likeness (QED) is 0.0409. The monoisotopic (exact) mass is 884 g/mol. The fourth-order valence-corrected chi connectivity index (χ4v) is 3.75. The van der Waals surface area contributed by atoms with E-state index in [0.29, 0.717) is 12.4 Å². The Hall–Kier alpha value is -3.06. The van der Waals surface area contributed by atoms with E-state index in [1.165, 1.54) is 0 Å². The fraction of sp³-hybridized carbons (Fsp3) is 0.520. The predicted octanol–water partition coefficient (Wildman–Crippen LogP) is -9.05. The first-order valence-corrected chi connectivity index (χ1v) is 14.0. The molecule has 0 amide bonds. The minimum Gasteiger partial charge on any atom is -0.550 e. The zero-order chi connectivity index (χ0) is 37.0. The van der Waals surface area contributed by atoms with E-state index in [-0.39, 0.29) is 58.4 Å². The van der Waals surface area contributed by atoms with Crippen LogP contribution < -0.4 is 41.3 Å². The van der Waals surface area contributed by atoms with E-state index >= 15 is 0 Å². The van der Waals surface area contributed by atoms with Gasteiger partial charge in [0.15, 0.2) is 5.82 Å². The number of hydrogen-bond donors (Lipinski definition) is 4. The van der Waals surface area contributed by atoms with E-state index in [9.17, 15) is 69.5 Å². The van der Waals surface area contributed by atoms with Crippen molar-refractivity contribution >= 4 is 47.6 Å². The number of furan rings is 1. The number of thioether (sulfide) groups is 1. The average molecular weight is 889 g/mol. The molecule has 0 unspecified atom stereocenters. The molecule has 50 heavy (non-hydrogen) atoms. The van der Waals surface area contributed by atoms with E-state index in [0.717, 1.165) is 35.8 Å². The normalized spacial score (nSPS) is 10.6. The molecule has 0 radical (unpaired) electrons. The zero-order valence-corrected chi connectivity index (χ0v) is 37.0. The van der Waals surface area contributed by atoms with Gasteiger partial charge < -0.3 is 89.6 Å². The van der Waals surface area contributed by atoms with Crippen LogP contribution in [0.3, 0.4) is 0 Å². The minimum atomic E-state index is -2.97. The van der Waals surface area contributed by atoms with Gasteiger partial charge in [-0.15, -0.1) is 0 Å². The maximum atomic E-state index is 10.3. The van der Waals surface area contributed by atoms with Crippen molar-refractivity contribution in [2.75, 3.05) is 33.4 Å². The maximum absolute atomic E-state index is 10.3. The summed E-state index contributed by atoms with van der Waals surface area (Å²) in [6.07, 6.45) is -4.51. The molecule has 0 aliphatic rings. The van der Waals surface area contributed by atoms with Crippen molar-refractivity contribution in [3.63, 3.8) is 0 Å². The van der Waals surface area contributed by atoms with Gasteiger partial charge in [0.2, 0.25) is 0 Å². The summed E-state index contributed by atoms with van der Waals surface area (Å²) in [6, 6.07) is 3.98. The van der Waals surface area contributed by atoms with Gasteiger partial charge >= 0.3 is 58.4 Å². The van der Waals surface area contributed by atoms with Crippen molar-refractivity contribution in [1.82, 2.24) is 15.5 Å². The van der Waals surface area contributed by atoms with Crippen LogP contribution in [-0.2, 0) is 99.5 Å². The van der Waals surface area contributed by atoms with Crippen molar-refractivity contribution in [2.24, 2.45) is 0 Å². The Labute approximate surface area is 327 Å². The third kappa shape index (κ3) is 27.7. The molecule has 1 heterocycles. The van der Waals surface area contributed by atoms with Gasteiger partial charge in [-0.3, -0.25) is 10.1 Å². The number of carbonyl (C=O) groups excluding carboxylic acids is 6. The van der Waals surface area contributed by atoms with Crippen LogP contribution in [0.5, 0.6) is 0 Å². The second-order valence-electron chi connectivity index (χ2n) is 9.50. The van der Waals surface area contributed by atoms with Crippen LogP contribution in [0.1, 0.15) is 37.2 Å². The van der Waals surface area contributed by atoms with Gasteiger partial charge in [0, 0.05) is 68.9 Å². The Bertz CT molecular complexity index is 1200. The Balaban J connectivity index is -0.000000206. The number of nitrogens with one attached hydrogen (secondary N) is 2. The molecule has 0 aliphatic heterocycles. The number of rotatable bonds is 20. The molecular weight excluding hydrogens is 857 g/mol. The molecule has 1 rings (SSSR count). The second-order valence-corrected chi connectivity index (χ2v) is 10.6. The molecule has 1 aromatic heterocycles. The Morgan fingerprint density at radius 1 is 0.820 bits per heavy atom. The third-order valence-corrected chi connectivity index (χ3v) is 5.99. The van der Waals surface area contributed by atoms with Crippen molar-refractivity contribution in [3.8, 4) is 0 Å². The van der Waals surface area contributed by atoms with Crippen molar-refractivity contribution < 1.29 is 137 Å². The number of hydrogen-bond acceptors (Lipinski definition) is 21. The van der Waals surface area contributed by atoms with Crippen LogP contribution in [0.2, 0.25) is 0 Å².